The molecule has 0 aliphatic heterocycles. The number of ether oxygens (including phenoxy) is 3. The monoisotopic (exact) mass is 386 g/mol. The number of hydrogen-bond acceptors (Lipinski definition) is 6. The fraction of sp³-hybridized carbons (Fsp3) is 0.250. The van der Waals surface area contributed by atoms with E-state index in [-0.39, 0.29) is 5.75 Å². The van der Waals surface area contributed by atoms with Crippen molar-refractivity contribution in [3.8, 4) is 11.6 Å². The molecule has 0 radical (unpaired) electrons. The number of amides is 2. The van der Waals surface area contributed by atoms with Crippen molar-refractivity contribution in [2.45, 2.75) is 6.36 Å². The lowest BCUT2D eigenvalue weighted by molar-refractivity contribution is -0.274. The van der Waals surface area contributed by atoms with E-state index >= 15 is 0 Å². The van der Waals surface area contributed by atoms with Gasteiger partial charge in [0.2, 0.25) is 5.88 Å². The Balaban J connectivity index is 1.77. The predicted octanol–water partition coefficient (Wildman–Crippen LogP) is 3.15. The minimum atomic E-state index is -4.76. The van der Waals surface area contributed by atoms with Gasteiger partial charge in [0.05, 0.1) is 24.2 Å². The first-order valence-corrected chi connectivity index (χ1v) is 7.62. The molecule has 0 unspecified atom stereocenters. The van der Waals surface area contributed by atoms with Crippen molar-refractivity contribution in [2.75, 3.05) is 31.1 Å². The Kier molecular flexibility index (Phi) is 7.06. The summed E-state index contributed by atoms with van der Waals surface area (Å²) in [5.41, 5.74) is 5.66. The van der Waals surface area contributed by atoms with Crippen LogP contribution in [0.4, 0.5) is 29.3 Å². The van der Waals surface area contributed by atoms with Gasteiger partial charge in [0.25, 0.3) is 0 Å². The van der Waals surface area contributed by atoms with Crippen molar-refractivity contribution in [1.82, 2.24) is 10.4 Å². The van der Waals surface area contributed by atoms with E-state index in [1.165, 1.54) is 18.3 Å². The molecule has 0 fully saturated rings. The van der Waals surface area contributed by atoms with Crippen LogP contribution < -0.4 is 25.6 Å². The molecule has 0 aliphatic carbocycles. The van der Waals surface area contributed by atoms with Crippen molar-refractivity contribution in [1.29, 1.82) is 0 Å². The number of nitrogens with zero attached hydrogens (tertiary/aromatic N) is 1. The minimum Gasteiger partial charge on any atom is -0.475 e. The first kappa shape index (κ1) is 20.1. The molecule has 27 heavy (non-hydrogen) atoms. The molecular formula is C16H17F3N4O4. The van der Waals surface area contributed by atoms with Gasteiger partial charge in [0.15, 0.2) is 0 Å². The van der Waals surface area contributed by atoms with Gasteiger partial charge in [-0.3, -0.25) is 10.9 Å². The molecule has 0 aliphatic rings. The minimum absolute atomic E-state index is 0.355. The van der Waals surface area contributed by atoms with Gasteiger partial charge in [-0.25, -0.2) is 9.78 Å². The van der Waals surface area contributed by atoms with Crippen molar-refractivity contribution in [3.63, 3.8) is 0 Å². The molecule has 3 N–H and O–H groups in total. The zero-order valence-corrected chi connectivity index (χ0v) is 14.2. The Hall–Kier alpha value is -3.21. The third-order valence-corrected chi connectivity index (χ3v) is 2.94. The summed E-state index contributed by atoms with van der Waals surface area (Å²) in [7, 11) is 1.56. The number of pyridine rings is 1. The molecule has 1 aromatic carbocycles. The predicted molar refractivity (Wildman–Crippen MR) is 90.5 cm³/mol. The van der Waals surface area contributed by atoms with Gasteiger partial charge in [-0.2, -0.15) is 0 Å². The van der Waals surface area contributed by atoms with E-state index in [1.807, 2.05) is 0 Å². The molecule has 0 saturated heterocycles. The molecule has 11 heteroatoms. The molecule has 0 atom stereocenters. The fourth-order valence-electron chi connectivity index (χ4n) is 1.80. The number of nitrogens with one attached hydrogen (secondary N) is 3. The Morgan fingerprint density at radius 2 is 1.78 bits per heavy atom. The number of halogens is 3. The lowest BCUT2D eigenvalue weighted by atomic mass is 10.3. The van der Waals surface area contributed by atoms with Crippen LogP contribution in [0.25, 0.3) is 0 Å². The van der Waals surface area contributed by atoms with Gasteiger partial charge in [0.1, 0.15) is 12.4 Å². The van der Waals surface area contributed by atoms with Crippen LogP contribution in [0.3, 0.4) is 0 Å². The highest BCUT2D eigenvalue weighted by Crippen LogP contribution is 2.23. The quantitative estimate of drug-likeness (QED) is 0.477. The zero-order valence-electron chi connectivity index (χ0n) is 14.2. The second-order valence-electron chi connectivity index (χ2n) is 5.00. The summed E-state index contributed by atoms with van der Waals surface area (Å²) in [6.07, 6.45) is -3.35. The summed E-state index contributed by atoms with van der Waals surface area (Å²) in [5, 5.41) is 2.52. The van der Waals surface area contributed by atoms with E-state index in [4.69, 9.17) is 9.47 Å². The van der Waals surface area contributed by atoms with Crippen LogP contribution in [0.2, 0.25) is 0 Å². The molecule has 146 valence electrons. The van der Waals surface area contributed by atoms with Crippen LogP contribution in [-0.4, -0.2) is 37.7 Å². The molecular weight excluding hydrogens is 369 g/mol. The summed E-state index contributed by atoms with van der Waals surface area (Å²) in [6.45, 7) is 0.784. The van der Waals surface area contributed by atoms with Crippen LogP contribution in [0.1, 0.15) is 0 Å². The lowest BCUT2D eigenvalue weighted by Crippen LogP contribution is -2.33. The Morgan fingerprint density at radius 1 is 1.07 bits per heavy atom. The highest BCUT2D eigenvalue weighted by atomic mass is 19.4. The average molecular weight is 386 g/mol. The standard InChI is InChI=1S/C16H17F3N4O4/c1-25-8-9-26-14-7-4-12(10-20-14)21-15(24)23-22-11-2-5-13(6-3-11)27-16(17,18)19/h2-7,10,22H,8-9H2,1H3,(H2,21,23,24). The van der Waals surface area contributed by atoms with Gasteiger partial charge < -0.3 is 19.5 Å². The SMILES string of the molecule is COCCOc1ccc(NC(=O)NNc2ccc(OC(F)(F)F)cc2)cn1. The van der Waals surface area contributed by atoms with Gasteiger partial charge in [-0.05, 0) is 30.3 Å². The van der Waals surface area contributed by atoms with Crippen LogP contribution in [0, 0.1) is 0 Å². The van der Waals surface area contributed by atoms with Gasteiger partial charge in [-0.15, -0.1) is 13.2 Å². The number of carbonyl (C=O) groups excluding carboxylic acids is 1. The van der Waals surface area contributed by atoms with E-state index in [0.29, 0.717) is 30.5 Å². The smallest absolute Gasteiger partial charge is 0.475 e. The number of alkyl halides is 3. The molecule has 1 aromatic heterocycles. The Morgan fingerprint density at radius 3 is 2.37 bits per heavy atom. The molecule has 2 aromatic rings. The van der Waals surface area contributed by atoms with E-state index in [0.717, 1.165) is 12.1 Å². The molecule has 0 bridgehead atoms. The van der Waals surface area contributed by atoms with Crippen molar-refractivity contribution in [3.05, 3.63) is 42.6 Å². The summed E-state index contributed by atoms with van der Waals surface area (Å²) >= 11 is 0. The highest BCUT2D eigenvalue weighted by Gasteiger charge is 2.30. The van der Waals surface area contributed by atoms with Crippen molar-refractivity contribution >= 4 is 17.4 Å². The fourth-order valence-corrected chi connectivity index (χ4v) is 1.80. The largest absolute Gasteiger partial charge is 0.573 e. The number of aromatic nitrogens is 1. The number of urea groups is 1. The van der Waals surface area contributed by atoms with Crippen molar-refractivity contribution in [2.24, 2.45) is 0 Å². The van der Waals surface area contributed by atoms with E-state index < -0.39 is 12.4 Å². The first-order chi connectivity index (χ1) is 12.9. The van der Waals surface area contributed by atoms with Crippen LogP contribution in [-0.2, 0) is 4.74 Å². The summed E-state index contributed by atoms with van der Waals surface area (Å²) in [5.74, 6) is 0.0219. The van der Waals surface area contributed by atoms with Crippen LogP contribution in [0.5, 0.6) is 11.6 Å². The van der Waals surface area contributed by atoms with Crippen molar-refractivity contribution < 1.29 is 32.2 Å². The Labute approximate surface area is 152 Å². The van der Waals surface area contributed by atoms with E-state index in [1.54, 1.807) is 19.2 Å². The normalized spacial score (nSPS) is 10.8. The third-order valence-electron chi connectivity index (χ3n) is 2.94. The first-order valence-electron chi connectivity index (χ1n) is 7.62. The average Bonchev–Trinajstić information content (AvgIpc) is 2.61. The molecule has 0 saturated carbocycles. The number of hydrogen-bond donors (Lipinski definition) is 3. The number of hydrazine groups is 1. The summed E-state index contributed by atoms with van der Waals surface area (Å²) in [4.78, 5) is 15.8. The van der Waals surface area contributed by atoms with Crippen LogP contribution >= 0.6 is 0 Å². The highest BCUT2D eigenvalue weighted by molar-refractivity contribution is 5.89. The second kappa shape index (κ2) is 9.48. The van der Waals surface area contributed by atoms with Crippen LogP contribution in [0.15, 0.2) is 42.6 Å². The number of anilines is 2. The number of carbonyl (C=O) groups is 1. The van der Waals surface area contributed by atoms with Gasteiger partial charge >= 0.3 is 12.4 Å². The number of methoxy groups -OCH3 is 1. The second-order valence-corrected chi connectivity index (χ2v) is 5.00. The number of benzene rings is 1. The topological polar surface area (TPSA) is 93.7 Å². The maximum absolute atomic E-state index is 12.1. The lowest BCUT2D eigenvalue weighted by Gasteiger charge is -2.12. The van der Waals surface area contributed by atoms with Gasteiger partial charge in [-0.1, -0.05) is 0 Å². The molecule has 2 rings (SSSR count). The third kappa shape index (κ3) is 7.69. The van der Waals surface area contributed by atoms with Gasteiger partial charge in [0, 0.05) is 13.2 Å². The maximum atomic E-state index is 12.1. The maximum Gasteiger partial charge on any atom is 0.573 e. The summed E-state index contributed by atoms with van der Waals surface area (Å²) in [6, 6.07) is 7.43. The molecule has 0 spiro atoms. The molecule has 2 amide bonds. The summed E-state index contributed by atoms with van der Waals surface area (Å²) < 4.78 is 50.1. The van der Waals surface area contributed by atoms with E-state index in [9.17, 15) is 18.0 Å². The molecule has 1 heterocycles. The Bertz CT molecular complexity index is 724. The molecule has 8 nitrogen and oxygen atoms in total. The zero-order chi connectivity index (χ0) is 19.7. The number of rotatable bonds is 8. The van der Waals surface area contributed by atoms with E-state index in [2.05, 4.69) is 25.9 Å².